The number of fused-ring (bicyclic) bond motifs is 1. The number of hydrogen-bond acceptors (Lipinski definition) is 7. The van der Waals surface area contributed by atoms with E-state index in [1.807, 2.05) is 0 Å². The molecule has 0 bridgehead atoms. The molecule has 1 fully saturated rings. The average molecular weight is 435 g/mol. The second-order valence-corrected chi connectivity index (χ2v) is 8.49. The van der Waals surface area contributed by atoms with Gasteiger partial charge in [-0.1, -0.05) is 13.5 Å². The Morgan fingerprint density at radius 2 is 1.97 bits per heavy atom. The Balaban J connectivity index is 1.93. The quantitative estimate of drug-likeness (QED) is 0.548. The number of hydrogen-bond donors (Lipinski definition) is 1. The number of halogens is 2. The smallest absolute Gasteiger partial charge is 0.324 e. The normalized spacial score (nSPS) is 21.7. The van der Waals surface area contributed by atoms with E-state index in [1.165, 1.54) is 7.11 Å². The lowest BCUT2D eigenvalue weighted by Gasteiger charge is -2.25. The summed E-state index contributed by atoms with van der Waals surface area (Å²) in [5.41, 5.74) is -0.651. The van der Waals surface area contributed by atoms with E-state index in [2.05, 4.69) is 21.9 Å². The van der Waals surface area contributed by atoms with Crippen LogP contribution in [0.2, 0.25) is 0 Å². The van der Waals surface area contributed by atoms with Crippen molar-refractivity contribution in [1.82, 2.24) is 15.3 Å². The summed E-state index contributed by atoms with van der Waals surface area (Å²) in [5.74, 6) is -4.01. The minimum Gasteiger partial charge on any atom is -0.497 e. The predicted molar refractivity (Wildman–Crippen MR) is 111 cm³/mol. The van der Waals surface area contributed by atoms with Crippen molar-refractivity contribution >= 4 is 17.0 Å². The number of allylic oxidation sites excluding steroid dienone is 1. The van der Waals surface area contributed by atoms with Crippen molar-refractivity contribution < 1.29 is 27.8 Å². The van der Waals surface area contributed by atoms with E-state index in [0.29, 0.717) is 17.3 Å². The number of carbonyl (C=O) groups is 1. The van der Waals surface area contributed by atoms with Crippen LogP contribution in [-0.2, 0) is 15.5 Å². The Hall–Kier alpha value is -2.81. The fourth-order valence-corrected chi connectivity index (χ4v) is 3.33. The van der Waals surface area contributed by atoms with E-state index in [-0.39, 0.29) is 23.9 Å². The first kappa shape index (κ1) is 22.9. The minimum absolute atomic E-state index is 0.266. The molecular weight excluding hydrogens is 408 g/mol. The van der Waals surface area contributed by atoms with E-state index < -0.39 is 35.3 Å². The highest BCUT2D eigenvalue weighted by Gasteiger charge is 2.42. The van der Waals surface area contributed by atoms with E-state index >= 15 is 0 Å². The predicted octanol–water partition coefficient (Wildman–Crippen LogP) is 3.61. The van der Waals surface area contributed by atoms with Gasteiger partial charge in [-0.25, -0.2) is 9.97 Å². The number of alkyl halides is 2. The molecule has 31 heavy (non-hydrogen) atoms. The third-order valence-electron chi connectivity index (χ3n) is 4.99. The van der Waals surface area contributed by atoms with Crippen LogP contribution in [0.1, 0.15) is 33.4 Å². The van der Waals surface area contributed by atoms with Gasteiger partial charge in [-0.15, -0.1) is 0 Å². The lowest BCUT2D eigenvalue weighted by Crippen LogP contribution is -2.40. The summed E-state index contributed by atoms with van der Waals surface area (Å²) in [6, 6.07) is 4.12. The summed E-state index contributed by atoms with van der Waals surface area (Å²) >= 11 is 0. The lowest BCUT2D eigenvalue weighted by atomic mass is 10.0. The summed E-state index contributed by atoms with van der Waals surface area (Å²) in [6.07, 6.45) is -0.0896. The second kappa shape index (κ2) is 8.37. The van der Waals surface area contributed by atoms with Crippen molar-refractivity contribution in [3.8, 4) is 11.6 Å². The van der Waals surface area contributed by atoms with Crippen LogP contribution in [0.5, 0.6) is 11.6 Å². The molecule has 0 saturated carbocycles. The van der Waals surface area contributed by atoms with Gasteiger partial charge >= 0.3 is 11.9 Å². The van der Waals surface area contributed by atoms with Gasteiger partial charge in [0.2, 0.25) is 5.88 Å². The maximum absolute atomic E-state index is 14.6. The zero-order valence-corrected chi connectivity index (χ0v) is 18.2. The summed E-state index contributed by atoms with van der Waals surface area (Å²) in [4.78, 5) is 20.8. The van der Waals surface area contributed by atoms with Gasteiger partial charge in [-0.2, -0.15) is 8.78 Å². The maximum atomic E-state index is 14.6. The number of carbonyl (C=O) groups excluding carboxylic acids is 1. The molecule has 3 atom stereocenters. The number of nitrogens with one attached hydrogen (secondary N) is 1. The molecule has 9 heteroatoms. The Labute approximate surface area is 179 Å². The van der Waals surface area contributed by atoms with Crippen LogP contribution in [0, 0.1) is 5.92 Å². The Morgan fingerprint density at radius 3 is 2.58 bits per heavy atom. The van der Waals surface area contributed by atoms with Crippen LogP contribution in [-0.4, -0.2) is 47.3 Å². The molecule has 1 aliphatic heterocycles. The lowest BCUT2D eigenvalue weighted by molar-refractivity contribution is -0.158. The van der Waals surface area contributed by atoms with Crippen LogP contribution >= 0.6 is 0 Å². The average Bonchev–Trinajstić information content (AvgIpc) is 3.06. The van der Waals surface area contributed by atoms with Gasteiger partial charge in [-0.3, -0.25) is 4.79 Å². The number of benzene rings is 1. The molecule has 1 saturated heterocycles. The Bertz CT molecular complexity index is 991. The van der Waals surface area contributed by atoms with Crippen LogP contribution < -0.4 is 14.8 Å². The van der Waals surface area contributed by atoms with E-state index in [9.17, 15) is 13.6 Å². The van der Waals surface area contributed by atoms with Crippen molar-refractivity contribution in [2.24, 2.45) is 5.92 Å². The molecule has 3 rings (SSSR count). The third kappa shape index (κ3) is 4.92. The highest BCUT2D eigenvalue weighted by molar-refractivity contribution is 5.78. The molecule has 0 aliphatic carbocycles. The molecular formula is C22H27F2N3O4. The molecule has 2 aromatic rings. The SMILES string of the molecule is C=CC(F)(F)c1nc2ccc(OC)cc2nc1OC1CN[C@H](C(=O)OC(C)(C)C)[C@@H]1C. The first-order valence-electron chi connectivity index (χ1n) is 9.96. The molecule has 1 aliphatic rings. The van der Waals surface area contributed by atoms with Crippen LogP contribution in [0.3, 0.4) is 0 Å². The molecule has 2 heterocycles. The molecule has 0 spiro atoms. The Morgan fingerprint density at radius 1 is 1.26 bits per heavy atom. The second-order valence-electron chi connectivity index (χ2n) is 8.49. The summed E-state index contributed by atoms with van der Waals surface area (Å²) in [5, 5.41) is 3.05. The van der Waals surface area contributed by atoms with E-state index in [0.717, 1.165) is 0 Å². The maximum Gasteiger partial charge on any atom is 0.324 e. The topological polar surface area (TPSA) is 82.6 Å². The van der Waals surface area contributed by atoms with Crippen molar-refractivity contribution in [2.75, 3.05) is 13.7 Å². The van der Waals surface area contributed by atoms with Gasteiger partial charge in [0.25, 0.3) is 0 Å². The third-order valence-corrected chi connectivity index (χ3v) is 4.99. The van der Waals surface area contributed by atoms with E-state index in [1.54, 1.807) is 45.9 Å². The molecule has 0 amide bonds. The number of methoxy groups -OCH3 is 1. The van der Waals surface area contributed by atoms with Crippen molar-refractivity contribution in [1.29, 1.82) is 0 Å². The largest absolute Gasteiger partial charge is 0.497 e. The first-order chi connectivity index (χ1) is 14.4. The highest BCUT2D eigenvalue weighted by atomic mass is 19.3. The molecule has 0 radical (unpaired) electrons. The van der Waals surface area contributed by atoms with Gasteiger partial charge in [0, 0.05) is 18.5 Å². The van der Waals surface area contributed by atoms with Gasteiger partial charge < -0.3 is 19.5 Å². The highest BCUT2D eigenvalue weighted by Crippen LogP contribution is 2.36. The monoisotopic (exact) mass is 435 g/mol. The molecule has 1 aromatic carbocycles. The first-order valence-corrected chi connectivity index (χ1v) is 9.96. The number of rotatable bonds is 6. The van der Waals surface area contributed by atoms with Crippen LogP contribution in [0.25, 0.3) is 11.0 Å². The van der Waals surface area contributed by atoms with Gasteiger partial charge in [0.05, 0.1) is 18.1 Å². The minimum atomic E-state index is -3.45. The van der Waals surface area contributed by atoms with Gasteiger partial charge in [-0.05, 0) is 39.0 Å². The van der Waals surface area contributed by atoms with Crippen LogP contribution in [0.4, 0.5) is 8.78 Å². The summed E-state index contributed by atoms with van der Waals surface area (Å²) < 4.78 is 45.6. The van der Waals surface area contributed by atoms with Crippen LogP contribution in [0.15, 0.2) is 30.9 Å². The van der Waals surface area contributed by atoms with Crippen molar-refractivity contribution in [3.05, 3.63) is 36.5 Å². The van der Waals surface area contributed by atoms with E-state index in [4.69, 9.17) is 14.2 Å². The molecule has 7 nitrogen and oxygen atoms in total. The molecule has 1 unspecified atom stereocenters. The number of ether oxygens (including phenoxy) is 3. The van der Waals surface area contributed by atoms with Gasteiger partial charge in [0.15, 0.2) is 5.69 Å². The zero-order valence-electron chi connectivity index (χ0n) is 18.2. The van der Waals surface area contributed by atoms with Crippen molar-refractivity contribution in [2.45, 2.75) is 51.4 Å². The molecule has 1 N–H and O–H groups in total. The molecule has 168 valence electrons. The van der Waals surface area contributed by atoms with Gasteiger partial charge in [0.1, 0.15) is 23.5 Å². The Kier molecular flexibility index (Phi) is 6.18. The van der Waals surface area contributed by atoms with Crippen molar-refractivity contribution in [3.63, 3.8) is 0 Å². The number of esters is 1. The molecule has 1 aromatic heterocycles. The number of nitrogens with zero attached hydrogens (tertiary/aromatic N) is 2. The standard InChI is InChI=1S/C22H27F2N3O4/c1-7-22(23,24)18-19(27-15-10-13(29-6)8-9-14(15)26-18)30-16-11-25-17(12(16)2)20(28)31-21(3,4)5/h7-10,12,16-17,25H,1,11H2,2-6H3/t12-,16?,17+/m1/s1. The number of aromatic nitrogens is 2. The fourth-order valence-electron chi connectivity index (χ4n) is 3.33. The summed E-state index contributed by atoms with van der Waals surface area (Å²) in [7, 11) is 1.49. The summed E-state index contributed by atoms with van der Waals surface area (Å²) in [6.45, 7) is 10.6. The fraction of sp³-hybridized carbons (Fsp3) is 0.500. The zero-order chi connectivity index (χ0) is 23.0.